The summed E-state index contributed by atoms with van der Waals surface area (Å²) < 4.78 is 5.27. The summed E-state index contributed by atoms with van der Waals surface area (Å²) in [5.41, 5.74) is 2.85. The van der Waals surface area contributed by atoms with Crippen molar-refractivity contribution in [2.75, 3.05) is 25.1 Å². The fourth-order valence-corrected chi connectivity index (χ4v) is 3.05. The highest BCUT2D eigenvalue weighted by Gasteiger charge is 2.33. The van der Waals surface area contributed by atoms with E-state index in [-0.39, 0.29) is 5.41 Å². The Bertz CT molecular complexity index is 453. The number of rotatable bonds is 4. The molecule has 0 spiro atoms. The molecule has 1 aromatic carbocycles. The standard InChI is InChI=1S/C18H30N2O/c1-6-15-11-19-17(18(2,3)4)12-20(15)16-9-7-8-14(10-16)13-21-5/h7-10,15,17,19H,6,11-13H2,1-5H3. The first-order valence-electron chi connectivity index (χ1n) is 8.03. The van der Waals surface area contributed by atoms with Gasteiger partial charge in [0.25, 0.3) is 0 Å². The first-order valence-corrected chi connectivity index (χ1v) is 8.03. The van der Waals surface area contributed by atoms with Crippen molar-refractivity contribution in [2.24, 2.45) is 5.41 Å². The van der Waals surface area contributed by atoms with Gasteiger partial charge in [-0.1, -0.05) is 39.8 Å². The van der Waals surface area contributed by atoms with E-state index in [1.165, 1.54) is 17.7 Å². The van der Waals surface area contributed by atoms with E-state index in [0.717, 1.165) is 13.1 Å². The summed E-state index contributed by atoms with van der Waals surface area (Å²) in [5.74, 6) is 0. The van der Waals surface area contributed by atoms with Crippen LogP contribution in [0.15, 0.2) is 24.3 Å². The summed E-state index contributed by atoms with van der Waals surface area (Å²) in [4.78, 5) is 2.57. The Labute approximate surface area is 129 Å². The molecule has 1 aromatic rings. The van der Waals surface area contributed by atoms with E-state index in [2.05, 4.69) is 62.2 Å². The molecular formula is C18H30N2O. The summed E-state index contributed by atoms with van der Waals surface area (Å²) in [6.07, 6.45) is 1.17. The zero-order chi connectivity index (χ0) is 15.5. The predicted octanol–water partition coefficient (Wildman–Crippen LogP) is 3.44. The van der Waals surface area contributed by atoms with Crippen LogP contribution in [0.1, 0.15) is 39.7 Å². The number of methoxy groups -OCH3 is 1. The molecule has 3 heteroatoms. The number of hydrogen-bond acceptors (Lipinski definition) is 3. The van der Waals surface area contributed by atoms with Crippen LogP contribution in [-0.2, 0) is 11.3 Å². The molecule has 1 heterocycles. The van der Waals surface area contributed by atoms with Gasteiger partial charge in [0.05, 0.1) is 6.61 Å². The summed E-state index contributed by atoms with van der Waals surface area (Å²) in [6.45, 7) is 12.0. The van der Waals surface area contributed by atoms with Gasteiger partial charge in [0.1, 0.15) is 0 Å². The normalized spacial score (nSPS) is 23.4. The largest absolute Gasteiger partial charge is 0.380 e. The Hall–Kier alpha value is -1.06. The van der Waals surface area contributed by atoms with Gasteiger partial charge in [-0.25, -0.2) is 0 Å². The first kappa shape index (κ1) is 16.3. The van der Waals surface area contributed by atoms with Crippen LogP contribution in [-0.4, -0.2) is 32.3 Å². The molecule has 118 valence electrons. The van der Waals surface area contributed by atoms with Gasteiger partial charge in [-0.15, -0.1) is 0 Å². The van der Waals surface area contributed by atoms with Crippen LogP contribution in [0.3, 0.4) is 0 Å². The Kier molecular flexibility index (Phi) is 5.28. The van der Waals surface area contributed by atoms with Crippen molar-refractivity contribution in [3.8, 4) is 0 Å². The van der Waals surface area contributed by atoms with Crippen molar-refractivity contribution < 1.29 is 4.74 Å². The molecule has 0 amide bonds. The second kappa shape index (κ2) is 6.80. The monoisotopic (exact) mass is 290 g/mol. The van der Waals surface area contributed by atoms with E-state index in [0.29, 0.717) is 18.7 Å². The van der Waals surface area contributed by atoms with Crippen LogP contribution in [0.25, 0.3) is 0 Å². The fraction of sp³-hybridized carbons (Fsp3) is 0.667. The minimum atomic E-state index is 0.279. The molecule has 2 rings (SSSR count). The summed E-state index contributed by atoms with van der Waals surface area (Å²) in [5, 5.41) is 3.73. The van der Waals surface area contributed by atoms with Gasteiger partial charge in [-0.3, -0.25) is 0 Å². The number of piperazine rings is 1. The van der Waals surface area contributed by atoms with Crippen LogP contribution in [0.5, 0.6) is 0 Å². The smallest absolute Gasteiger partial charge is 0.0713 e. The molecule has 0 bridgehead atoms. The van der Waals surface area contributed by atoms with E-state index in [1.807, 2.05) is 0 Å². The van der Waals surface area contributed by atoms with Crippen LogP contribution >= 0.6 is 0 Å². The topological polar surface area (TPSA) is 24.5 Å². The summed E-state index contributed by atoms with van der Waals surface area (Å²) in [7, 11) is 1.75. The summed E-state index contributed by atoms with van der Waals surface area (Å²) >= 11 is 0. The van der Waals surface area contributed by atoms with Gasteiger partial charge in [0, 0.05) is 38.0 Å². The lowest BCUT2D eigenvalue weighted by Crippen LogP contribution is -2.60. The van der Waals surface area contributed by atoms with E-state index in [1.54, 1.807) is 7.11 Å². The Balaban J connectivity index is 2.22. The van der Waals surface area contributed by atoms with Crippen molar-refractivity contribution in [1.29, 1.82) is 0 Å². The zero-order valence-electron chi connectivity index (χ0n) is 14.1. The van der Waals surface area contributed by atoms with Crippen LogP contribution in [0, 0.1) is 5.41 Å². The van der Waals surface area contributed by atoms with Crippen LogP contribution < -0.4 is 10.2 Å². The highest BCUT2D eigenvalue weighted by molar-refractivity contribution is 5.50. The molecular weight excluding hydrogens is 260 g/mol. The molecule has 1 N–H and O–H groups in total. The molecule has 1 fully saturated rings. The fourth-order valence-electron chi connectivity index (χ4n) is 3.05. The van der Waals surface area contributed by atoms with Crippen molar-refractivity contribution in [3.63, 3.8) is 0 Å². The van der Waals surface area contributed by atoms with E-state index >= 15 is 0 Å². The third-order valence-corrected chi connectivity index (χ3v) is 4.49. The van der Waals surface area contributed by atoms with Crippen LogP contribution in [0.2, 0.25) is 0 Å². The molecule has 0 saturated carbocycles. The van der Waals surface area contributed by atoms with Crippen molar-refractivity contribution in [3.05, 3.63) is 29.8 Å². The molecule has 21 heavy (non-hydrogen) atoms. The lowest BCUT2D eigenvalue weighted by Gasteiger charge is -2.46. The number of hydrogen-bond donors (Lipinski definition) is 1. The number of benzene rings is 1. The molecule has 2 atom stereocenters. The zero-order valence-corrected chi connectivity index (χ0v) is 14.1. The van der Waals surface area contributed by atoms with Gasteiger partial charge >= 0.3 is 0 Å². The predicted molar refractivity (Wildman–Crippen MR) is 89.8 cm³/mol. The molecule has 1 saturated heterocycles. The van der Waals surface area contributed by atoms with Crippen LogP contribution in [0.4, 0.5) is 5.69 Å². The Morgan fingerprint density at radius 3 is 2.71 bits per heavy atom. The maximum Gasteiger partial charge on any atom is 0.0713 e. The third-order valence-electron chi connectivity index (χ3n) is 4.49. The Morgan fingerprint density at radius 1 is 1.33 bits per heavy atom. The van der Waals surface area contributed by atoms with Gasteiger partial charge in [0.2, 0.25) is 0 Å². The minimum absolute atomic E-state index is 0.279. The van der Waals surface area contributed by atoms with Gasteiger partial charge in [-0.2, -0.15) is 0 Å². The molecule has 0 radical (unpaired) electrons. The Morgan fingerprint density at radius 2 is 2.10 bits per heavy atom. The average Bonchev–Trinajstić information content (AvgIpc) is 2.46. The van der Waals surface area contributed by atoms with Gasteiger partial charge < -0.3 is 15.0 Å². The number of ether oxygens (including phenoxy) is 1. The van der Waals surface area contributed by atoms with E-state index in [9.17, 15) is 0 Å². The molecule has 1 aliphatic heterocycles. The van der Waals surface area contributed by atoms with Gasteiger partial charge in [0.15, 0.2) is 0 Å². The second-order valence-electron chi connectivity index (χ2n) is 7.14. The molecule has 0 aliphatic carbocycles. The molecule has 3 nitrogen and oxygen atoms in total. The second-order valence-corrected chi connectivity index (χ2v) is 7.14. The highest BCUT2D eigenvalue weighted by Crippen LogP contribution is 2.28. The van der Waals surface area contributed by atoms with E-state index in [4.69, 9.17) is 4.74 Å². The van der Waals surface area contributed by atoms with Gasteiger partial charge in [-0.05, 0) is 29.5 Å². The lowest BCUT2D eigenvalue weighted by atomic mass is 9.84. The van der Waals surface area contributed by atoms with Crippen molar-refractivity contribution in [1.82, 2.24) is 5.32 Å². The van der Waals surface area contributed by atoms with Crippen molar-refractivity contribution >= 4 is 5.69 Å². The van der Waals surface area contributed by atoms with E-state index < -0.39 is 0 Å². The maximum absolute atomic E-state index is 5.27. The minimum Gasteiger partial charge on any atom is -0.380 e. The van der Waals surface area contributed by atoms with Crippen molar-refractivity contribution in [2.45, 2.75) is 52.8 Å². The maximum atomic E-state index is 5.27. The first-order chi connectivity index (χ1) is 9.95. The number of nitrogens with one attached hydrogen (secondary N) is 1. The number of anilines is 1. The molecule has 0 aromatic heterocycles. The summed E-state index contributed by atoms with van der Waals surface area (Å²) in [6, 6.07) is 9.87. The third kappa shape index (κ3) is 3.98. The SMILES string of the molecule is CCC1CNC(C(C)(C)C)CN1c1cccc(COC)c1. The number of nitrogens with zero attached hydrogens (tertiary/aromatic N) is 1. The highest BCUT2D eigenvalue weighted by atomic mass is 16.5. The lowest BCUT2D eigenvalue weighted by molar-refractivity contribution is 0.185. The molecule has 2 unspecified atom stereocenters. The molecule has 1 aliphatic rings. The average molecular weight is 290 g/mol. The quantitative estimate of drug-likeness (QED) is 0.919.